The molecule has 1 unspecified atom stereocenters. The van der Waals surface area contributed by atoms with Crippen molar-refractivity contribution in [1.82, 2.24) is 10.6 Å². The molecule has 0 saturated carbocycles. The fourth-order valence-corrected chi connectivity index (χ4v) is 1.05. The third-order valence-electron chi connectivity index (χ3n) is 1.94. The van der Waals surface area contributed by atoms with E-state index in [1.54, 1.807) is 0 Å². The number of hydrogen-bond acceptors (Lipinski definition) is 4. The number of carbonyl (C=O) groups excluding carboxylic acids is 3. The Bertz CT molecular complexity index is 344. The monoisotopic (exact) mass is 260 g/mol. The number of primary amides is 2. The molecule has 0 saturated heterocycles. The lowest BCUT2D eigenvalue weighted by atomic mass is 10.1. The molecule has 0 heterocycles. The molecule has 18 heavy (non-hydrogen) atoms. The lowest BCUT2D eigenvalue weighted by molar-refractivity contribution is -0.139. The van der Waals surface area contributed by atoms with Crippen molar-refractivity contribution in [1.29, 1.82) is 0 Å². The van der Waals surface area contributed by atoms with Gasteiger partial charge in [0.25, 0.3) is 0 Å². The summed E-state index contributed by atoms with van der Waals surface area (Å²) in [5.41, 5.74) is 9.73. The molecule has 0 radical (unpaired) electrons. The summed E-state index contributed by atoms with van der Waals surface area (Å²) in [6, 6.07) is -1.97. The largest absolute Gasteiger partial charge is 0.480 e. The summed E-state index contributed by atoms with van der Waals surface area (Å²) in [5.74, 6) is -2.52. The number of nitrogens with two attached hydrogens (primary N) is 2. The standard InChI is InChI=1S/C9H16N4O5/c10-6(14)2-1-5(8(16)17)13-9(18)12-4-3-7(11)15/h5H,1-4H2,(H2,10,14)(H2,11,15)(H,16,17)(H2,12,13,18). The number of amides is 4. The zero-order chi connectivity index (χ0) is 14.1. The molecule has 9 nitrogen and oxygen atoms in total. The van der Waals surface area contributed by atoms with Gasteiger partial charge in [-0.2, -0.15) is 0 Å². The summed E-state index contributed by atoms with van der Waals surface area (Å²) in [4.78, 5) is 42.9. The highest BCUT2D eigenvalue weighted by Gasteiger charge is 2.20. The van der Waals surface area contributed by atoms with E-state index in [4.69, 9.17) is 16.6 Å². The predicted molar refractivity (Wildman–Crippen MR) is 60.2 cm³/mol. The molecule has 0 rings (SSSR count). The van der Waals surface area contributed by atoms with Crippen LogP contribution in [-0.2, 0) is 14.4 Å². The number of hydrogen-bond donors (Lipinski definition) is 5. The first kappa shape index (κ1) is 15.7. The van der Waals surface area contributed by atoms with Crippen molar-refractivity contribution >= 4 is 23.8 Å². The minimum atomic E-state index is -1.28. The quantitative estimate of drug-likeness (QED) is 0.336. The molecule has 0 aliphatic heterocycles. The molecule has 4 amide bonds. The number of nitrogens with one attached hydrogen (secondary N) is 2. The van der Waals surface area contributed by atoms with Gasteiger partial charge in [-0.25, -0.2) is 9.59 Å². The van der Waals surface area contributed by atoms with Gasteiger partial charge in [0.05, 0.1) is 0 Å². The number of carbonyl (C=O) groups is 4. The molecule has 0 aromatic carbocycles. The van der Waals surface area contributed by atoms with Gasteiger partial charge < -0.3 is 27.2 Å². The van der Waals surface area contributed by atoms with Crippen LogP contribution in [0.3, 0.4) is 0 Å². The second-order valence-electron chi connectivity index (χ2n) is 3.51. The fourth-order valence-electron chi connectivity index (χ4n) is 1.05. The maximum atomic E-state index is 11.2. The first-order chi connectivity index (χ1) is 8.32. The minimum Gasteiger partial charge on any atom is -0.480 e. The van der Waals surface area contributed by atoms with Crippen LogP contribution in [0.2, 0.25) is 0 Å². The number of carboxylic acid groups (broad SMARTS) is 1. The van der Waals surface area contributed by atoms with Crippen LogP contribution in [0.4, 0.5) is 4.79 Å². The Kier molecular flexibility index (Phi) is 6.86. The topological polar surface area (TPSA) is 165 Å². The molecular weight excluding hydrogens is 244 g/mol. The van der Waals surface area contributed by atoms with E-state index in [9.17, 15) is 19.2 Å². The van der Waals surface area contributed by atoms with Crippen molar-refractivity contribution in [2.45, 2.75) is 25.3 Å². The minimum absolute atomic E-state index is 0.00330. The molecule has 102 valence electrons. The summed E-state index contributed by atoms with van der Waals surface area (Å²) >= 11 is 0. The van der Waals surface area contributed by atoms with Crippen LogP contribution >= 0.6 is 0 Å². The average molecular weight is 260 g/mol. The van der Waals surface area contributed by atoms with E-state index in [0.717, 1.165) is 0 Å². The van der Waals surface area contributed by atoms with Crippen LogP contribution in [0.1, 0.15) is 19.3 Å². The highest BCUT2D eigenvalue weighted by Crippen LogP contribution is 1.97. The van der Waals surface area contributed by atoms with Crippen LogP contribution in [0.5, 0.6) is 0 Å². The van der Waals surface area contributed by atoms with E-state index in [1.165, 1.54) is 0 Å². The molecule has 9 heteroatoms. The van der Waals surface area contributed by atoms with Crippen LogP contribution in [-0.4, -0.2) is 41.5 Å². The van der Waals surface area contributed by atoms with Gasteiger partial charge in [-0.15, -0.1) is 0 Å². The number of urea groups is 1. The highest BCUT2D eigenvalue weighted by atomic mass is 16.4. The molecule has 1 atom stereocenters. The van der Waals surface area contributed by atoms with Gasteiger partial charge in [-0.1, -0.05) is 0 Å². The summed E-state index contributed by atoms with van der Waals surface area (Å²) in [7, 11) is 0. The van der Waals surface area contributed by atoms with Gasteiger partial charge in [-0.3, -0.25) is 9.59 Å². The van der Waals surface area contributed by atoms with Crippen LogP contribution in [0.25, 0.3) is 0 Å². The smallest absolute Gasteiger partial charge is 0.326 e. The summed E-state index contributed by atoms with van der Waals surface area (Å²) in [5, 5.41) is 13.2. The highest BCUT2D eigenvalue weighted by molar-refractivity contribution is 5.83. The Morgan fingerprint density at radius 2 is 1.61 bits per heavy atom. The first-order valence-corrected chi connectivity index (χ1v) is 5.16. The van der Waals surface area contributed by atoms with E-state index < -0.39 is 29.9 Å². The molecule has 7 N–H and O–H groups in total. The summed E-state index contributed by atoms with van der Waals surface area (Å²) in [6.07, 6.45) is -0.307. The first-order valence-electron chi connectivity index (χ1n) is 5.16. The Morgan fingerprint density at radius 3 is 2.06 bits per heavy atom. The van der Waals surface area contributed by atoms with Gasteiger partial charge in [0.2, 0.25) is 11.8 Å². The average Bonchev–Trinajstić information content (AvgIpc) is 2.22. The van der Waals surface area contributed by atoms with Gasteiger partial charge >= 0.3 is 12.0 Å². The van der Waals surface area contributed by atoms with Crippen molar-refractivity contribution in [2.24, 2.45) is 11.5 Å². The Labute approximate surface area is 103 Å². The molecule has 0 fully saturated rings. The lowest BCUT2D eigenvalue weighted by Gasteiger charge is -2.14. The van der Waals surface area contributed by atoms with E-state index >= 15 is 0 Å². The SMILES string of the molecule is NC(=O)CCNC(=O)NC(CCC(N)=O)C(=O)O. The van der Waals surface area contributed by atoms with E-state index in [1.807, 2.05) is 0 Å². The molecule has 0 aromatic heterocycles. The maximum Gasteiger partial charge on any atom is 0.326 e. The van der Waals surface area contributed by atoms with Crippen molar-refractivity contribution in [3.8, 4) is 0 Å². The van der Waals surface area contributed by atoms with Gasteiger partial charge in [0, 0.05) is 19.4 Å². The number of carboxylic acids is 1. The van der Waals surface area contributed by atoms with E-state index in [0.29, 0.717) is 0 Å². The third kappa shape index (κ3) is 7.91. The molecule has 0 spiro atoms. The Balaban J connectivity index is 4.07. The molecular formula is C9H16N4O5. The third-order valence-corrected chi connectivity index (χ3v) is 1.94. The van der Waals surface area contributed by atoms with Gasteiger partial charge in [0.15, 0.2) is 0 Å². The molecule has 0 bridgehead atoms. The van der Waals surface area contributed by atoms with Crippen molar-refractivity contribution in [3.63, 3.8) is 0 Å². The van der Waals surface area contributed by atoms with Crippen molar-refractivity contribution in [2.75, 3.05) is 6.54 Å². The number of aliphatic carboxylic acids is 1. The summed E-state index contributed by atoms with van der Waals surface area (Å²) in [6.45, 7) is 0.00330. The van der Waals surface area contributed by atoms with Crippen molar-refractivity contribution < 1.29 is 24.3 Å². The predicted octanol–water partition coefficient (Wildman–Crippen LogP) is -2.12. The second kappa shape index (κ2) is 7.87. The Hall–Kier alpha value is -2.32. The Morgan fingerprint density at radius 1 is 1.06 bits per heavy atom. The van der Waals surface area contributed by atoms with Crippen LogP contribution in [0.15, 0.2) is 0 Å². The lowest BCUT2D eigenvalue weighted by Crippen LogP contribution is -2.46. The van der Waals surface area contributed by atoms with Gasteiger partial charge in [-0.05, 0) is 6.42 Å². The molecule has 0 aliphatic carbocycles. The van der Waals surface area contributed by atoms with Gasteiger partial charge in [0.1, 0.15) is 6.04 Å². The van der Waals surface area contributed by atoms with E-state index in [-0.39, 0.29) is 25.8 Å². The molecule has 0 aliphatic rings. The number of rotatable bonds is 8. The molecule has 0 aromatic rings. The van der Waals surface area contributed by atoms with Crippen LogP contribution < -0.4 is 22.1 Å². The summed E-state index contributed by atoms with van der Waals surface area (Å²) < 4.78 is 0. The zero-order valence-electron chi connectivity index (χ0n) is 9.64. The van der Waals surface area contributed by atoms with E-state index in [2.05, 4.69) is 10.6 Å². The second-order valence-corrected chi connectivity index (χ2v) is 3.51. The zero-order valence-corrected chi connectivity index (χ0v) is 9.64. The van der Waals surface area contributed by atoms with Crippen molar-refractivity contribution in [3.05, 3.63) is 0 Å². The van der Waals surface area contributed by atoms with Crippen LogP contribution in [0, 0.1) is 0 Å². The maximum absolute atomic E-state index is 11.2. The fraction of sp³-hybridized carbons (Fsp3) is 0.556. The normalized spacial score (nSPS) is 11.3.